The maximum Gasteiger partial charge on any atom is 0.177 e. The fourth-order valence-electron chi connectivity index (χ4n) is 0.961. The highest BCUT2D eigenvalue weighted by atomic mass is 16.6. The highest BCUT2D eigenvalue weighted by Crippen LogP contribution is 1.86. The largest absolute Gasteiger partial charge is 0.394 e. The summed E-state index contributed by atoms with van der Waals surface area (Å²) in [4.78, 5) is 0. The van der Waals surface area contributed by atoms with Gasteiger partial charge in [0.2, 0.25) is 0 Å². The van der Waals surface area contributed by atoms with Gasteiger partial charge < -0.3 is 44.1 Å². The third-order valence-corrected chi connectivity index (χ3v) is 2.18. The van der Waals surface area contributed by atoms with Crippen LogP contribution in [0.5, 0.6) is 0 Å². The van der Waals surface area contributed by atoms with Crippen LogP contribution in [0.1, 0.15) is 20.8 Å². The summed E-state index contributed by atoms with van der Waals surface area (Å²) in [5, 5.41) is 33.3. The van der Waals surface area contributed by atoms with E-state index in [2.05, 4.69) is 4.74 Å². The topological polar surface area (TPSA) is 127 Å². The van der Waals surface area contributed by atoms with E-state index in [1.807, 2.05) is 13.8 Å². The van der Waals surface area contributed by atoms with Gasteiger partial charge in [0, 0.05) is 20.3 Å². The Kier molecular flexibility index (Phi) is 33.5. The van der Waals surface area contributed by atoms with E-state index in [1.54, 1.807) is 0 Å². The first kappa shape index (κ1) is 29.4. The molecule has 0 aromatic heterocycles. The predicted octanol–water partition coefficient (Wildman–Crippen LogP) is -0.604. The van der Waals surface area contributed by atoms with Gasteiger partial charge in [0.1, 0.15) is 0 Å². The molecule has 0 fully saturated rings. The monoisotopic (exact) mass is 374 g/mol. The van der Waals surface area contributed by atoms with Crippen LogP contribution in [-0.4, -0.2) is 106 Å². The molecule has 0 saturated heterocycles. The van der Waals surface area contributed by atoms with Crippen molar-refractivity contribution in [3.8, 4) is 0 Å². The first-order valence-electron chi connectivity index (χ1n) is 8.41. The number of rotatable bonds is 14. The summed E-state index contributed by atoms with van der Waals surface area (Å²) in [6.07, 6.45) is -1.44. The molecule has 2 atom stereocenters. The molecule has 0 aliphatic rings. The number of hydrogen-bond acceptors (Lipinski definition) is 9. The van der Waals surface area contributed by atoms with Crippen LogP contribution in [0.3, 0.4) is 0 Å². The maximum atomic E-state index is 8.93. The van der Waals surface area contributed by atoms with Crippen LogP contribution < -0.4 is 0 Å². The van der Waals surface area contributed by atoms with Crippen LogP contribution in [0.15, 0.2) is 0 Å². The quantitative estimate of drug-likeness (QED) is 0.233. The summed E-state index contributed by atoms with van der Waals surface area (Å²) in [5.74, 6) is 0. The van der Waals surface area contributed by atoms with Crippen LogP contribution >= 0.6 is 0 Å². The first-order chi connectivity index (χ1) is 12.0. The number of methoxy groups -OCH3 is 1. The van der Waals surface area contributed by atoms with E-state index in [0.29, 0.717) is 33.0 Å². The third kappa shape index (κ3) is 40.0. The molecular formula is C16H38O9. The minimum Gasteiger partial charge on any atom is -0.394 e. The molecule has 0 aromatic carbocycles. The van der Waals surface area contributed by atoms with E-state index in [0.717, 1.165) is 13.2 Å². The molecule has 9 nitrogen and oxygen atoms in total. The van der Waals surface area contributed by atoms with Crippen LogP contribution in [0, 0.1) is 0 Å². The fraction of sp³-hybridized carbons (Fsp3) is 1.00. The Morgan fingerprint density at radius 1 is 0.760 bits per heavy atom. The molecule has 0 aromatic rings. The molecule has 4 N–H and O–H groups in total. The Hall–Kier alpha value is -0.360. The molecule has 0 amide bonds. The molecule has 9 heteroatoms. The van der Waals surface area contributed by atoms with Gasteiger partial charge in [-0.3, -0.25) is 0 Å². The Labute approximate surface area is 151 Å². The van der Waals surface area contributed by atoms with Gasteiger partial charge in [0.25, 0.3) is 0 Å². The number of hydrogen-bond donors (Lipinski definition) is 4. The molecule has 0 aliphatic heterocycles. The molecule has 0 bridgehead atoms. The molecule has 0 rings (SSSR count). The molecule has 156 valence electrons. The second-order valence-electron chi connectivity index (χ2n) is 4.53. The summed E-state index contributed by atoms with van der Waals surface area (Å²) < 4.78 is 24.5. The standard InChI is InChI=1S/C9H20O6.C4H10O.C3H8O2/c1-12-9(11)8-15-7-6-14-5-4-13-3-2-10;1-3-5-4-2;1-3(5)2-4/h9-11H,2-8H2,1H3;3-4H2,1-2H3;3-5H,2H2,1H3. The molecular weight excluding hydrogens is 336 g/mol. The Balaban J connectivity index is -0.000000396. The van der Waals surface area contributed by atoms with Crippen molar-refractivity contribution in [2.45, 2.75) is 33.2 Å². The van der Waals surface area contributed by atoms with Crippen molar-refractivity contribution < 1.29 is 44.1 Å². The van der Waals surface area contributed by atoms with Gasteiger partial charge in [-0.1, -0.05) is 0 Å². The van der Waals surface area contributed by atoms with Crippen LogP contribution in [0.4, 0.5) is 0 Å². The van der Waals surface area contributed by atoms with Crippen molar-refractivity contribution in [3.05, 3.63) is 0 Å². The van der Waals surface area contributed by atoms with Crippen LogP contribution in [0.25, 0.3) is 0 Å². The molecule has 0 radical (unpaired) electrons. The van der Waals surface area contributed by atoms with E-state index in [9.17, 15) is 0 Å². The molecule has 0 aliphatic carbocycles. The number of ether oxygens (including phenoxy) is 5. The Morgan fingerprint density at radius 3 is 1.52 bits per heavy atom. The zero-order valence-electron chi connectivity index (χ0n) is 16.1. The zero-order chi connectivity index (χ0) is 19.8. The summed E-state index contributed by atoms with van der Waals surface area (Å²) in [6, 6.07) is 0. The smallest absolute Gasteiger partial charge is 0.177 e. The van der Waals surface area contributed by atoms with Gasteiger partial charge in [-0.25, -0.2) is 0 Å². The van der Waals surface area contributed by atoms with Crippen molar-refractivity contribution in [3.63, 3.8) is 0 Å². The number of aliphatic hydroxyl groups excluding tert-OH is 4. The molecule has 0 spiro atoms. The minimum atomic E-state index is -0.877. The third-order valence-electron chi connectivity index (χ3n) is 2.18. The SMILES string of the molecule is CC(O)CO.CCOCC.COC(O)COCCOCCOCCO. The van der Waals surface area contributed by atoms with Gasteiger partial charge in [-0.2, -0.15) is 0 Å². The highest BCUT2D eigenvalue weighted by molar-refractivity contribution is 4.37. The molecule has 0 heterocycles. The first-order valence-corrected chi connectivity index (χ1v) is 8.41. The molecule has 25 heavy (non-hydrogen) atoms. The van der Waals surface area contributed by atoms with E-state index in [-0.39, 0.29) is 19.8 Å². The Bertz CT molecular complexity index is 204. The lowest BCUT2D eigenvalue weighted by Crippen LogP contribution is -2.19. The van der Waals surface area contributed by atoms with Crippen molar-refractivity contribution in [1.29, 1.82) is 0 Å². The highest BCUT2D eigenvalue weighted by Gasteiger charge is 1.99. The van der Waals surface area contributed by atoms with Crippen LogP contribution in [-0.2, 0) is 23.7 Å². The van der Waals surface area contributed by atoms with Crippen molar-refractivity contribution in [2.75, 3.05) is 73.2 Å². The lowest BCUT2D eigenvalue weighted by Gasteiger charge is -2.09. The maximum absolute atomic E-state index is 8.93. The predicted molar refractivity (Wildman–Crippen MR) is 93.5 cm³/mol. The van der Waals surface area contributed by atoms with Gasteiger partial charge in [0.15, 0.2) is 6.29 Å². The summed E-state index contributed by atoms with van der Waals surface area (Å²) >= 11 is 0. The van der Waals surface area contributed by atoms with Crippen LogP contribution in [0.2, 0.25) is 0 Å². The van der Waals surface area contributed by atoms with Gasteiger partial charge in [-0.15, -0.1) is 0 Å². The molecule has 0 saturated carbocycles. The lowest BCUT2D eigenvalue weighted by atomic mass is 10.5. The van der Waals surface area contributed by atoms with E-state index in [4.69, 9.17) is 39.4 Å². The average Bonchev–Trinajstić information content (AvgIpc) is 2.61. The fourth-order valence-corrected chi connectivity index (χ4v) is 0.961. The normalized spacial score (nSPS) is 12.5. The minimum absolute atomic E-state index is 0.0258. The van der Waals surface area contributed by atoms with Crippen molar-refractivity contribution in [2.24, 2.45) is 0 Å². The van der Waals surface area contributed by atoms with Crippen molar-refractivity contribution >= 4 is 0 Å². The number of aliphatic hydroxyl groups is 4. The van der Waals surface area contributed by atoms with Gasteiger partial charge in [-0.05, 0) is 20.8 Å². The Morgan fingerprint density at radius 2 is 1.20 bits per heavy atom. The van der Waals surface area contributed by atoms with E-state index >= 15 is 0 Å². The summed E-state index contributed by atoms with van der Waals surface area (Å²) in [7, 11) is 1.41. The van der Waals surface area contributed by atoms with E-state index < -0.39 is 12.4 Å². The molecule has 2 unspecified atom stereocenters. The second-order valence-corrected chi connectivity index (χ2v) is 4.53. The van der Waals surface area contributed by atoms with Gasteiger partial charge in [0.05, 0.1) is 59.0 Å². The zero-order valence-corrected chi connectivity index (χ0v) is 16.1. The average molecular weight is 374 g/mol. The summed E-state index contributed by atoms with van der Waals surface area (Å²) in [6.45, 7) is 9.33. The summed E-state index contributed by atoms with van der Waals surface area (Å²) in [5.41, 5.74) is 0. The van der Waals surface area contributed by atoms with Gasteiger partial charge >= 0.3 is 0 Å². The second kappa shape index (κ2) is 28.4. The lowest BCUT2D eigenvalue weighted by molar-refractivity contribution is -0.123. The van der Waals surface area contributed by atoms with Crippen molar-refractivity contribution in [1.82, 2.24) is 0 Å². The van der Waals surface area contributed by atoms with E-state index in [1.165, 1.54) is 14.0 Å².